The Morgan fingerprint density at radius 2 is 1.76 bits per heavy atom. The minimum atomic E-state index is -0.0766. The van der Waals surface area contributed by atoms with Crippen LogP contribution >= 0.6 is 0 Å². The molecule has 4 aliphatic rings. The molecule has 0 aromatic rings. The van der Waals surface area contributed by atoms with Gasteiger partial charge in [0, 0.05) is 37.7 Å². The van der Waals surface area contributed by atoms with E-state index in [1.807, 2.05) is 0 Å². The van der Waals surface area contributed by atoms with Crippen molar-refractivity contribution < 1.29 is 5.11 Å². The Bertz CT molecular complexity index is 597. The average molecular weight is 427 g/mol. The number of aliphatic hydroxyl groups excluding tert-OH is 1. The second kappa shape index (κ2) is 9.44. The molecule has 0 aliphatic heterocycles. The minimum absolute atomic E-state index is 0. The zero-order chi connectivity index (χ0) is 20.1. The zero-order valence-corrected chi connectivity index (χ0v) is 22.3. The van der Waals surface area contributed by atoms with E-state index >= 15 is 0 Å². The number of allylic oxidation sites excluding steroid dienone is 1. The first-order chi connectivity index (χ1) is 13.3. The van der Waals surface area contributed by atoms with E-state index in [1.54, 1.807) is 5.57 Å². The summed E-state index contributed by atoms with van der Waals surface area (Å²) in [5.74, 6) is 5.46. The average Bonchev–Trinajstić information content (AvgIpc) is 2.99. The second-order valence-corrected chi connectivity index (χ2v) is 12.2. The molecule has 3 saturated carbocycles. The van der Waals surface area contributed by atoms with Gasteiger partial charge in [0.1, 0.15) is 0 Å². The summed E-state index contributed by atoms with van der Waals surface area (Å²) in [5.41, 5.74) is 2.60. The SMILES string of the molecule is CC(C)CCC[C@@H](C)[C@H]1CC[C@H]2[C@@H]3CC=C4C[C@@H](O)CC[C@]4(C)[C@H]3CC[C@]12C.[Ca]. The number of hydrogen-bond donors (Lipinski definition) is 1. The third kappa shape index (κ3) is 4.43. The third-order valence-electron chi connectivity index (χ3n) is 10.3. The second-order valence-electron chi connectivity index (χ2n) is 12.2. The van der Waals surface area contributed by atoms with Crippen LogP contribution in [0.5, 0.6) is 0 Å². The van der Waals surface area contributed by atoms with E-state index in [1.165, 1.54) is 57.8 Å². The van der Waals surface area contributed by atoms with Gasteiger partial charge in [0.15, 0.2) is 0 Å². The molecule has 0 aromatic carbocycles. The van der Waals surface area contributed by atoms with E-state index in [0.29, 0.717) is 10.8 Å². The molecule has 3 fully saturated rings. The maximum atomic E-state index is 10.2. The van der Waals surface area contributed by atoms with Gasteiger partial charge in [-0.3, -0.25) is 0 Å². The van der Waals surface area contributed by atoms with Gasteiger partial charge in [-0.05, 0) is 97.7 Å². The molecule has 0 heterocycles. The Hall–Kier alpha value is 0.960. The number of hydrogen-bond acceptors (Lipinski definition) is 1. The Kier molecular flexibility index (Phi) is 8.01. The maximum absolute atomic E-state index is 10.2. The summed E-state index contributed by atoms with van der Waals surface area (Å²) >= 11 is 0. The molecule has 2 radical (unpaired) electrons. The van der Waals surface area contributed by atoms with Crippen LogP contribution in [0.1, 0.15) is 105 Å². The predicted octanol–water partition coefficient (Wildman–Crippen LogP) is 7.01. The van der Waals surface area contributed by atoms with Crippen LogP contribution < -0.4 is 0 Å². The first-order valence-corrected chi connectivity index (χ1v) is 12.6. The Balaban J connectivity index is 0.00000240. The predicted molar refractivity (Wildman–Crippen MR) is 125 cm³/mol. The van der Waals surface area contributed by atoms with Crippen LogP contribution in [0.3, 0.4) is 0 Å². The van der Waals surface area contributed by atoms with Crippen LogP contribution in [0, 0.1) is 46.3 Å². The van der Waals surface area contributed by atoms with Crippen LogP contribution in [0.2, 0.25) is 0 Å². The molecule has 4 aliphatic carbocycles. The largest absolute Gasteiger partial charge is 0.393 e. The molecule has 8 atom stereocenters. The zero-order valence-electron chi connectivity index (χ0n) is 20.1. The molecule has 0 amide bonds. The van der Waals surface area contributed by atoms with E-state index in [-0.39, 0.29) is 43.8 Å². The van der Waals surface area contributed by atoms with Gasteiger partial charge in [-0.25, -0.2) is 0 Å². The van der Waals surface area contributed by atoms with Crippen molar-refractivity contribution in [3.05, 3.63) is 11.6 Å². The van der Waals surface area contributed by atoms with Gasteiger partial charge >= 0.3 is 0 Å². The quantitative estimate of drug-likeness (QED) is 0.370. The standard InChI is InChI=1S/C27H46O.Ca/c1-18(2)7-6-8-19(3)23-11-12-24-22-10-9-20-17-21(28)13-15-26(20,4)25(22)14-16-27(23,24)5;/h9,18-19,21-25,28H,6-8,10-17H2,1-5H3;/t19-,21+,22+,23-,24+,25+,26+,27-;/m1./s1. The molecule has 1 N–H and O–H groups in total. The number of fused-ring (bicyclic) bond motifs is 5. The van der Waals surface area contributed by atoms with Gasteiger partial charge in [-0.2, -0.15) is 0 Å². The maximum Gasteiger partial charge on any atom is 0.0577 e. The number of aliphatic hydroxyl groups is 1. The summed E-state index contributed by atoms with van der Waals surface area (Å²) in [4.78, 5) is 0. The Morgan fingerprint density at radius 3 is 2.48 bits per heavy atom. The molecule has 0 bridgehead atoms. The van der Waals surface area contributed by atoms with Gasteiger partial charge in [-0.15, -0.1) is 0 Å². The first-order valence-electron chi connectivity index (χ1n) is 12.6. The smallest absolute Gasteiger partial charge is 0.0577 e. The molecule has 0 spiro atoms. The number of rotatable bonds is 5. The molecule has 4 rings (SSSR count). The monoisotopic (exact) mass is 426 g/mol. The van der Waals surface area contributed by atoms with Gasteiger partial charge < -0.3 is 5.11 Å². The van der Waals surface area contributed by atoms with Crippen molar-refractivity contribution in [1.82, 2.24) is 0 Å². The molecule has 29 heavy (non-hydrogen) atoms. The summed E-state index contributed by atoms with van der Waals surface area (Å²) in [7, 11) is 0. The fraction of sp³-hybridized carbons (Fsp3) is 0.926. The molecule has 0 saturated heterocycles. The van der Waals surface area contributed by atoms with Gasteiger partial charge in [0.05, 0.1) is 6.10 Å². The van der Waals surface area contributed by atoms with E-state index in [4.69, 9.17) is 0 Å². The van der Waals surface area contributed by atoms with Gasteiger partial charge in [0.2, 0.25) is 0 Å². The van der Waals surface area contributed by atoms with Crippen molar-refractivity contribution in [2.45, 2.75) is 111 Å². The van der Waals surface area contributed by atoms with Crippen molar-refractivity contribution in [2.24, 2.45) is 46.3 Å². The van der Waals surface area contributed by atoms with Crippen molar-refractivity contribution in [3.8, 4) is 0 Å². The molecule has 0 unspecified atom stereocenters. The summed E-state index contributed by atoms with van der Waals surface area (Å²) in [6, 6.07) is 0. The Morgan fingerprint density at radius 1 is 1.00 bits per heavy atom. The molecular weight excluding hydrogens is 380 g/mol. The van der Waals surface area contributed by atoms with E-state index < -0.39 is 0 Å². The Labute approximate surface area is 210 Å². The molecule has 1 nitrogen and oxygen atoms in total. The van der Waals surface area contributed by atoms with Crippen LogP contribution in [0.25, 0.3) is 0 Å². The van der Waals surface area contributed by atoms with Gasteiger partial charge in [-0.1, -0.05) is 65.5 Å². The normalized spacial score (nSPS) is 44.9. The first kappa shape index (κ1) is 24.6. The van der Waals surface area contributed by atoms with Crippen LogP contribution in [0.4, 0.5) is 0 Å². The van der Waals surface area contributed by atoms with Crippen molar-refractivity contribution in [2.75, 3.05) is 0 Å². The summed E-state index contributed by atoms with van der Waals surface area (Å²) in [6.45, 7) is 12.6. The van der Waals surface area contributed by atoms with Crippen LogP contribution in [-0.4, -0.2) is 48.9 Å². The van der Waals surface area contributed by atoms with Crippen molar-refractivity contribution in [1.29, 1.82) is 0 Å². The summed E-state index contributed by atoms with van der Waals surface area (Å²) < 4.78 is 0. The fourth-order valence-electron chi connectivity index (χ4n) is 8.67. The van der Waals surface area contributed by atoms with Crippen LogP contribution in [-0.2, 0) is 0 Å². The topological polar surface area (TPSA) is 20.2 Å². The van der Waals surface area contributed by atoms with E-state index in [0.717, 1.165) is 48.3 Å². The van der Waals surface area contributed by atoms with Crippen molar-refractivity contribution in [3.63, 3.8) is 0 Å². The van der Waals surface area contributed by atoms with E-state index in [9.17, 15) is 5.11 Å². The van der Waals surface area contributed by atoms with Crippen LogP contribution in [0.15, 0.2) is 11.6 Å². The molecular formula is C27H46CaO. The third-order valence-corrected chi connectivity index (χ3v) is 10.3. The molecule has 162 valence electrons. The van der Waals surface area contributed by atoms with Gasteiger partial charge in [0.25, 0.3) is 0 Å². The fourth-order valence-corrected chi connectivity index (χ4v) is 8.67. The summed E-state index contributed by atoms with van der Waals surface area (Å²) in [5, 5.41) is 10.2. The van der Waals surface area contributed by atoms with E-state index in [2.05, 4.69) is 40.7 Å². The molecule has 0 aromatic heterocycles. The molecule has 2 heteroatoms. The minimum Gasteiger partial charge on any atom is -0.393 e. The van der Waals surface area contributed by atoms with Crippen molar-refractivity contribution >= 4 is 37.7 Å². The summed E-state index contributed by atoms with van der Waals surface area (Å²) in [6.07, 6.45) is 17.2.